The second-order valence-electron chi connectivity index (χ2n) is 17.2. The monoisotopic (exact) mass is 1170 g/mol. The summed E-state index contributed by atoms with van der Waals surface area (Å²) >= 11 is 0. The maximum Gasteiger partial charge on any atom is 0.490 e. The predicted octanol–water partition coefficient (Wildman–Crippen LogP) is -3.13. The summed E-state index contributed by atoms with van der Waals surface area (Å²) in [6, 6.07) is 0. The number of aromatic nitrogens is 12. The molecule has 42 heteroatoms. The van der Waals surface area contributed by atoms with Crippen molar-refractivity contribution in [2.45, 2.75) is 87.5 Å². The highest BCUT2D eigenvalue weighted by molar-refractivity contribution is 7.66. The quantitative estimate of drug-likeness (QED) is 0.0250. The molecule has 3 aliphatic rings. The number of H-pyrrole nitrogens is 2. The van der Waals surface area contributed by atoms with E-state index in [0.717, 1.165) is 22.6 Å². The van der Waals surface area contributed by atoms with Crippen LogP contribution >= 0.6 is 31.3 Å². The van der Waals surface area contributed by atoms with E-state index < -0.39 is 136 Å². The number of hydrogen-bond acceptors (Lipinski definition) is 28. The van der Waals surface area contributed by atoms with Crippen LogP contribution in [0.4, 0.5) is 11.8 Å². The van der Waals surface area contributed by atoms with Gasteiger partial charge in [-0.2, -0.15) is 18.2 Å². The fraction of sp³-hybridized carbons (Fsp3) is 0.571. The average molecular weight is 1170 g/mol. The minimum absolute atomic E-state index is 0.0192. The van der Waals surface area contributed by atoms with Crippen LogP contribution in [0.2, 0.25) is 0 Å². The van der Waals surface area contributed by atoms with Crippen LogP contribution in [0.3, 0.4) is 0 Å². The summed E-state index contributed by atoms with van der Waals surface area (Å²) in [5.41, 5.74) is 4.46. The van der Waals surface area contributed by atoms with Gasteiger partial charge in [0.1, 0.15) is 67.1 Å². The number of methoxy groups -OCH3 is 1. The van der Waals surface area contributed by atoms with Crippen LogP contribution in [0.5, 0.6) is 0 Å². The smallest absolute Gasteiger partial charge is 0.387 e. The molecule has 0 aromatic carbocycles. The van der Waals surface area contributed by atoms with Crippen LogP contribution in [0.25, 0.3) is 33.5 Å². The maximum atomic E-state index is 13.8. The molecule has 6 aromatic rings. The number of aliphatic hydroxyl groups excluding tert-OH is 4. The van der Waals surface area contributed by atoms with E-state index in [4.69, 9.17) is 42.8 Å². The number of nitrogens with one attached hydrogen (secondary N) is 3. The molecule has 0 bridgehead atoms. The molecule has 9 heterocycles. The van der Waals surface area contributed by atoms with E-state index in [-0.39, 0.29) is 51.1 Å². The number of phosphoric acid groups is 4. The number of ether oxygens (including phenoxy) is 4. The molecule has 38 nitrogen and oxygen atoms in total. The molecule has 16 atom stereocenters. The molecule has 422 valence electrons. The molecule has 0 aliphatic carbocycles. The standard InChI is InChI=1S/C35H48N14O24P4/c1-5-37-26-17-27(39-9-38-26)47(10-40-17)34-25(64-4)24(71-74(56,57)65-6-14-20(50)22(52)32(68-14)48-11-41-18-28(48)42-13(2)43-30(18)54)16(70-34)8-67-76(60,61)73-77(62,63)72-75(58,59)66-7-15-21(51)23(53)33(69-15)49-12-46(3)19-29(49)44-35(36)45-31(19)55/h9-12,14-16,20-25,32-34,50-53H,5-8H2,1-4H3,(H8-,36,37,38,39,42,43,44,45,54,55,56,57,58,59,60,61,62,63)/p+1/t14-,15-,16-,20+,21?,22?,23?,24+,25?,32-,33-,34-/m1/s1. The SMILES string of the molecule is CCNc1ncnc2c1ncn2[C@@H]1O[C@H](COP(=O)(O)OP(=O)(O)OP(=O)(O)OC[C@H]2O[C@@H](n3c[n+](C)c4c(=O)[nH]c(N)nc43)C(O)C2O)[C@H](OP(=O)(O)OC[C@H]2O[C@@H](n3cnc4c(=O)[nH]c(C)nc43)C(O)[C@H]2O)C1OC. The number of anilines is 2. The van der Waals surface area contributed by atoms with Crippen molar-refractivity contribution in [1.82, 2.24) is 53.6 Å². The number of aliphatic hydroxyl groups is 4. The first-order valence-corrected chi connectivity index (χ1v) is 28.4. The molecule has 6 aromatic heterocycles. The zero-order valence-electron chi connectivity index (χ0n) is 40.0. The Morgan fingerprint density at radius 3 is 1.86 bits per heavy atom. The van der Waals surface area contributed by atoms with Gasteiger partial charge >= 0.3 is 36.9 Å². The van der Waals surface area contributed by atoms with Crippen molar-refractivity contribution in [2.75, 3.05) is 44.5 Å². The van der Waals surface area contributed by atoms with Gasteiger partial charge in [0.05, 0.1) is 39.5 Å². The summed E-state index contributed by atoms with van der Waals surface area (Å²) in [7, 11) is -20.9. The average Bonchev–Trinajstić information content (AvgIpc) is 4.20. The molecule has 3 aliphatic heterocycles. The third-order valence-corrected chi connectivity index (χ3v) is 17.2. The number of nitrogens with zero attached hydrogens (tertiary/aromatic N) is 10. The molecule has 0 saturated carbocycles. The van der Waals surface area contributed by atoms with Crippen LogP contribution in [-0.4, -0.2) is 182 Å². The summed E-state index contributed by atoms with van der Waals surface area (Å²) < 4.78 is 110. The minimum Gasteiger partial charge on any atom is -0.387 e. The van der Waals surface area contributed by atoms with E-state index in [9.17, 15) is 67.8 Å². The largest absolute Gasteiger partial charge is 0.490 e. The van der Waals surface area contributed by atoms with Crippen LogP contribution in [-0.2, 0) is 71.0 Å². The molecule has 0 spiro atoms. The second kappa shape index (κ2) is 21.6. The van der Waals surface area contributed by atoms with Crippen LogP contribution in [0, 0.1) is 6.92 Å². The number of nitrogens with two attached hydrogens (primary N) is 1. The highest BCUT2D eigenvalue weighted by atomic mass is 31.3. The van der Waals surface area contributed by atoms with E-state index in [0.29, 0.717) is 6.54 Å². The normalized spacial score (nSPS) is 30.0. The summed E-state index contributed by atoms with van der Waals surface area (Å²) in [6.45, 7) is 0.349. The van der Waals surface area contributed by atoms with Crippen LogP contribution in [0.1, 0.15) is 31.4 Å². The zero-order chi connectivity index (χ0) is 55.7. The van der Waals surface area contributed by atoms with Gasteiger partial charge < -0.3 is 75.0 Å². The number of rotatable bonds is 21. The summed E-state index contributed by atoms with van der Waals surface area (Å²) in [4.78, 5) is 97.1. The van der Waals surface area contributed by atoms with Crippen molar-refractivity contribution in [3.05, 3.63) is 51.8 Å². The lowest BCUT2D eigenvalue weighted by molar-refractivity contribution is -0.646. The lowest BCUT2D eigenvalue weighted by Crippen LogP contribution is -2.38. The number of fused-ring (bicyclic) bond motifs is 3. The first-order chi connectivity index (χ1) is 36.2. The third kappa shape index (κ3) is 11.6. The Labute approximate surface area is 428 Å². The Hall–Kier alpha value is -4.95. The van der Waals surface area contributed by atoms with Crippen molar-refractivity contribution in [3.63, 3.8) is 0 Å². The molecule has 13 N–H and O–H groups in total. The first kappa shape index (κ1) is 56.8. The summed E-state index contributed by atoms with van der Waals surface area (Å²) in [6.07, 6.45) is -15.2. The number of aryl methyl sites for hydroxylation is 2. The van der Waals surface area contributed by atoms with Gasteiger partial charge in [0.2, 0.25) is 18.5 Å². The van der Waals surface area contributed by atoms with Crippen molar-refractivity contribution in [3.8, 4) is 0 Å². The Kier molecular flexibility index (Phi) is 15.9. The Morgan fingerprint density at radius 2 is 1.25 bits per heavy atom. The lowest BCUT2D eigenvalue weighted by atomic mass is 10.1. The summed E-state index contributed by atoms with van der Waals surface area (Å²) in [5.74, 6) is 0.171. The number of phosphoric ester groups is 3. The van der Waals surface area contributed by atoms with E-state index in [1.54, 1.807) is 6.92 Å². The highest BCUT2D eigenvalue weighted by Gasteiger charge is 2.54. The van der Waals surface area contributed by atoms with E-state index >= 15 is 0 Å². The van der Waals surface area contributed by atoms with Gasteiger partial charge in [-0.25, -0.2) is 47.7 Å². The summed E-state index contributed by atoms with van der Waals surface area (Å²) in [5, 5.41) is 46.3. The molecule has 8 unspecified atom stereocenters. The number of nitrogen functional groups attached to an aromatic ring is 1. The molecular weight excluding hydrogens is 1120 g/mol. The fourth-order valence-corrected chi connectivity index (χ4v) is 13.1. The topological polar surface area (TPSA) is 522 Å². The number of aromatic amines is 2. The van der Waals surface area contributed by atoms with Gasteiger partial charge in [0.25, 0.3) is 16.7 Å². The van der Waals surface area contributed by atoms with Gasteiger partial charge in [-0.3, -0.25) is 41.8 Å². The number of hydrogen-bond donors (Lipinski definition) is 12. The van der Waals surface area contributed by atoms with Crippen LogP contribution in [0.15, 0.2) is 34.9 Å². The van der Waals surface area contributed by atoms with Gasteiger partial charge in [-0.15, -0.1) is 0 Å². The molecule has 3 saturated heterocycles. The van der Waals surface area contributed by atoms with Gasteiger partial charge in [0, 0.05) is 13.7 Å². The van der Waals surface area contributed by atoms with Crippen molar-refractivity contribution in [2.24, 2.45) is 7.05 Å². The molecule has 0 radical (unpaired) electrons. The van der Waals surface area contributed by atoms with Gasteiger partial charge in [0.15, 0.2) is 40.6 Å². The third-order valence-electron chi connectivity index (χ3n) is 12.0. The lowest BCUT2D eigenvalue weighted by Gasteiger charge is -2.26. The minimum atomic E-state index is -6.20. The van der Waals surface area contributed by atoms with Crippen molar-refractivity contribution in [1.29, 1.82) is 0 Å². The fourth-order valence-electron chi connectivity index (χ4n) is 8.66. The van der Waals surface area contributed by atoms with E-state index in [1.807, 2.05) is 0 Å². The molecular formula is C35H49N14O24P4+. The van der Waals surface area contributed by atoms with Crippen molar-refractivity contribution >= 4 is 76.5 Å². The van der Waals surface area contributed by atoms with E-state index in [1.165, 1.54) is 42.1 Å². The predicted molar refractivity (Wildman–Crippen MR) is 249 cm³/mol. The Balaban J connectivity index is 0.873. The Morgan fingerprint density at radius 1 is 0.688 bits per heavy atom. The van der Waals surface area contributed by atoms with Crippen molar-refractivity contribution < 1.29 is 108 Å². The molecule has 77 heavy (non-hydrogen) atoms. The van der Waals surface area contributed by atoms with Gasteiger partial charge in [-0.1, -0.05) is 0 Å². The second-order valence-corrected chi connectivity index (χ2v) is 23.2. The number of imidazole rings is 3. The maximum absolute atomic E-state index is 13.8. The molecule has 9 rings (SSSR count). The Bertz CT molecular complexity index is 3510. The first-order valence-electron chi connectivity index (χ1n) is 22.4. The molecule has 0 amide bonds. The van der Waals surface area contributed by atoms with Crippen LogP contribution < -0.4 is 26.7 Å². The zero-order valence-corrected chi connectivity index (χ0v) is 43.6. The van der Waals surface area contributed by atoms with E-state index in [2.05, 4.69) is 53.8 Å². The highest BCUT2D eigenvalue weighted by Crippen LogP contribution is 2.68. The molecule has 3 fully saturated rings. The van der Waals surface area contributed by atoms with Gasteiger partial charge in [-0.05, 0) is 13.8 Å².